The van der Waals surface area contributed by atoms with Crippen molar-refractivity contribution < 1.29 is 19.2 Å². The van der Waals surface area contributed by atoms with Crippen molar-refractivity contribution in [3.63, 3.8) is 0 Å². The summed E-state index contributed by atoms with van der Waals surface area (Å²) < 4.78 is 0. The highest BCUT2D eigenvalue weighted by Gasteiger charge is 2.44. The molecule has 1 unspecified atom stereocenters. The van der Waals surface area contributed by atoms with Crippen LogP contribution in [-0.4, -0.2) is 44.8 Å². The maximum Gasteiger partial charge on any atom is 0.262 e. The molecule has 10 nitrogen and oxygen atoms in total. The van der Waals surface area contributed by atoms with Crippen molar-refractivity contribution in [2.45, 2.75) is 32.0 Å². The molecule has 148 valence electrons. The van der Waals surface area contributed by atoms with E-state index in [0.29, 0.717) is 18.9 Å². The molecule has 4 rings (SSSR count). The Labute approximate surface area is 165 Å². The van der Waals surface area contributed by atoms with Gasteiger partial charge in [-0.2, -0.15) is 5.10 Å². The molecule has 0 aliphatic carbocycles. The van der Waals surface area contributed by atoms with Crippen molar-refractivity contribution in [1.29, 1.82) is 0 Å². The lowest BCUT2D eigenvalue weighted by atomic mass is 10.0. The van der Waals surface area contributed by atoms with Gasteiger partial charge in [-0.3, -0.25) is 29.4 Å². The molecule has 1 fully saturated rings. The highest BCUT2D eigenvalue weighted by Crippen LogP contribution is 2.28. The second-order valence-corrected chi connectivity index (χ2v) is 6.88. The average molecular weight is 394 g/mol. The molecule has 1 saturated heterocycles. The Hall–Kier alpha value is -3.66. The molecule has 29 heavy (non-hydrogen) atoms. The third-order valence-corrected chi connectivity index (χ3v) is 4.88. The number of nitrogens with two attached hydrogens (primary N) is 1. The van der Waals surface area contributed by atoms with Gasteiger partial charge in [0.25, 0.3) is 11.8 Å². The van der Waals surface area contributed by atoms with Crippen LogP contribution in [0, 0.1) is 0 Å². The number of rotatable bonds is 5. The molecule has 1 aromatic carbocycles. The van der Waals surface area contributed by atoms with Gasteiger partial charge in [-0.15, -0.1) is 5.10 Å². The second-order valence-electron chi connectivity index (χ2n) is 6.88. The zero-order chi connectivity index (χ0) is 20.5. The predicted molar refractivity (Wildman–Crippen MR) is 100 cm³/mol. The van der Waals surface area contributed by atoms with Crippen LogP contribution in [0.25, 0.3) is 0 Å². The van der Waals surface area contributed by atoms with Crippen LogP contribution in [-0.2, 0) is 22.7 Å². The van der Waals surface area contributed by atoms with Crippen LogP contribution in [0.2, 0.25) is 0 Å². The third kappa shape index (κ3) is 3.57. The fourth-order valence-corrected chi connectivity index (χ4v) is 3.43. The molecular weight excluding hydrogens is 376 g/mol. The molecule has 1 atom stereocenters. The minimum atomic E-state index is -0.967. The Balaban J connectivity index is 1.46. The third-order valence-electron chi connectivity index (χ3n) is 4.88. The van der Waals surface area contributed by atoms with E-state index < -0.39 is 29.7 Å². The number of aromatic nitrogens is 2. The topological polar surface area (TPSA) is 147 Å². The van der Waals surface area contributed by atoms with Crippen LogP contribution < -0.4 is 16.4 Å². The van der Waals surface area contributed by atoms with Crippen molar-refractivity contribution in [2.75, 3.05) is 5.73 Å². The lowest BCUT2D eigenvalue weighted by molar-refractivity contribution is -0.136. The van der Waals surface area contributed by atoms with Gasteiger partial charge in [0.1, 0.15) is 11.9 Å². The first-order chi connectivity index (χ1) is 13.9. The molecule has 3 heterocycles. The Morgan fingerprint density at radius 2 is 1.83 bits per heavy atom. The van der Waals surface area contributed by atoms with E-state index in [2.05, 4.69) is 20.8 Å². The molecule has 0 saturated carbocycles. The number of nitrogen functional groups attached to an aromatic ring is 1. The SMILES string of the molecule is Nc1ccc(CNCc2ccc3c(c2)C(=O)N(C2CCC(=O)NC2=O)C3=O)nn1. The van der Waals surface area contributed by atoms with Gasteiger partial charge in [-0.05, 0) is 36.2 Å². The predicted octanol–water partition coefficient (Wildman–Crippen LogP) is -0.250. The molecule has 2 aliphatic heterocycles. The maximum atomic E-state index is 12.8. The number of benzene rings is 1. The van der Waals surface area contributed by atoms with E-state index in [1.165, 1.54) is 0 Å². The van der Waals surface area contributed by atoms with Gasteiger partial charge in [0, 0.05) is 19.5 Å². The maximum absolute atomic E-state index is 12.8. The second kappa shape index (κ2) is 7.40. The smallest absolute Gasteiger partial charge is 0.262 e. The number of imide groups is 2. The first-order valence-electron chi connectivity index (χ1n) is 9.07. The standard InChI is InChI=1S/C19H18N6O4/c20-15-5-2-11(23-24-15)9-21-8-10-1-3-12-13(7-10)19(29)25(18(12)28)14-4-6-16(26)22-17(14)27/h1-3,5,7,14,21H,4,6,8-9H2,(H2,20,24)(H,22,26,27). The van der Waals surface area contributed by atoms with Crippen molar-refractivity contribution in [2.24, 2.45) is 0 Å². The van der Waals surface area contributed by atoms with Gasteiger partial charge in [0.15, 0.2) is 0 Å². The lowest BCUT2D eigenvalue weighted by Gasteiger charge is -2.27. The first-order valence-corrected chi connectivity index (χ1v) is 9.07. The Bertz CT molecular complexity index is 1020. The van der Waals surface area contributed by atoms with Crippen molar-refractivity contribution in [3.8, 4) is 0 Å². The number of amides is 4. The Kier molecular flexibility index (Phi) is 4.77. The number of carbonyl (C=O) groups excluding carboxylic acids is 4. The van der Waals surface area contributed by atoms with E-state index in [-0.39, 0.29) is 24.0 Å². The van der Waals surface area contributed by atoms with E-state index in [9.17, 15) is 19.2 Å². The molecule has 0 bridgehead atoms. The first kappa shape index (κ1) is 18.7. The quantitative estimate of drug-likeness (QED) is 0.588. The zero-order valence-electron chi connectivity index (χ0n) is 15.3. The number of nitrogens with zero attached hydrogens (tertiary/aromatic N) is 3. The van der Waals surface area contributed by atoms with Gasteiger partial charge in [0.05, 0.1) is 16.8 Å². The fourth-order valence-electron chi connectivity index (χ4n) is 3.43. The Morgan fingerprint density at radius 3 is 2.55 bits per heavy atom. The number of fused-ring (bicyclic) bond motifs is 1. The summed E-state index contributed by atoms with van der Waals surface area (Å²) >= 11 is 0. The van der Waals surface area contributed by atoms with Crippen LogP contribution in [0.3, 0.4) is 0 Å². The molecule has 0 radical (unpaired) electrons. The molecule has 2 aliphatic rings. The number of anilines is 1. The van der Waals surface area contributed by atoms with Crippen LogP contribution >= 0.6 is 0 Å². The van der Waals surface area contributed by atoms with Crippen LogP contribution in [0.1, 0.15) is 44.8 Å². The summed E-state index contributed by atoms with van der Waals surface area (Å²) in [4.78, 5) is 49.9. The van der Waals surface area contributed by atoms with Crippen molar-refractivity contribution in [1.82, 2.24) is 25.7 Å². The highest BCUT2D eigenvalue weighted by molar-refractivity contribution is 6.23. The van der Waals surface area contributed by atoms with Gasteiger partial charge < -0.3 is 11.1 Å². The lowest BCUT2D eigenvalue weighted by Crippen LogP contribution is -2.54. The summed E-state index contributed by atoms with van der Waals surface area (Å²) in [7, 11) is 0. The normalized spacial score (nSPS) is 18.8. The monoisotopic (exact) mass is 394 g/mol. The molecule has 0 spiro atoms. The number of piperidine rings is 1. The van der Waals surface area contributed by atoms with Crippen LogP contribution in [0.15, 0.2) is 30.3 Å². The molecule has 10 heteroatoms. The van der Waals surface area contributed by atoms with Crippen molar-refractivity contribution >= 4 is 29.4 Å². The van der Waals surface area contributed by atoms with Crippen LogP contribution in [0.5, 0.6) is 0 Å². The fraction of sp³-hybridized carbons (Fsp3) is 0.263. The largest absolute Gasteiger partial charge is 0.382 e. The zero-order valence-corrected chi connectivity index (χ0v) is 15.3. The van der Waals surface area contributed by atoms with Gasteiger partial charge in [0.2, 0.25) is 11.8 Å². The van der Waals surface area contributed by atoms with Gasteiger partial charge in [-0.1, -0.05) is 6.07 Å². The van der Waals surface area contributed by atoms with Gasteiger partial charge >= 0.3 is 0 Å². The summed E-state index contributed by atoms with van der Waals surface area (Å²) in [6.45, 7) is 0.902. The minimum Gasteiger partial charge on any atom is -0.382 e. The van der Waals surface area contributed by atoms with E-state index in [1.807, 2.05) is 0 Å². The molecule has 2 aromatic rings. The van der Waals surface area contributed by atoms with E-state index >= 15 is 0 Å². The number of carbonyl (C=O) groups is 4. The highest BCUT2D eigenvalue weighted by atomic mass is 16.2. The summed E-state index contributed by atoms with van der Waals surface area (Å²) in [6.07, 6.45) is 0.222. The van der Waals surface area contributed by atoms with E-state index in [4.69, 9.17) is 5.73 Å². The number of hydrogen-bond donors (Lipinski definition) is 3. The summed E-state index contributed by atoms with van der Waals surface area (Å²) in [5.41, 5.74) is 7.54. The average Bonchev–Trinajstić information content (AvgIpc) is 2.94. The number of nitrogens with one attached hydrogen (secondary N) is 2. The molecular formula is C19H18N6O4. The van der Waals surface area contributed by atoms with Gasteiger partial charge in [-0.25, -0.2) is 0 Å². The minimum absolute atomic E-state index is 0.0903. The molecule has 4 amide bonds. The summed E-state index contributed by atoms with van der Waals surface area (Å²) in [6, 6.07) is 7.43. The van der Waals surface area contributed by atoms with E-state index in [0.717, 1.165) is 16.2 Å². The van der Waals surface area contributed by atoms with Crippen LogP contribution in [0.4, 0.5) is 5.82 Å². The molecule has 1 aromatic heterocycles. The van der Waals surface area contributed by atoms with Crippen molar-refractivity contribution in [3.05, 3.63) is 52.7 Å². The molecule has 4 N–H and O–H groups in total. The van der Waals surface area contributed by atoms with E-state index in [1.54, 1.807) is 30.3 Å². The summed E-state index contributed by atoms with van der Waals surface area (Å²) in [5.74, 6) is -1.72. The summed E-state index contributed by atoms with van der Waals surface area (Å²) in [5, 5.41) is 13.1. The number of hydrogen-bond acceptors (Lipinski definition) is 8. The Morgan fingerprint density at radius 1 is 1.03 bits per heavy atom.